The Kier molecular flexibility index (Phi) is 7.05. The molecule has 1 aromatic carbocycles. The lowest BCUT2D eigenvalue weighted by Gasteiger charge is -2.46. The molecule has 3 fully saturated rings. The van der Waals surface area contributed by atoms with Crippen molar-refractivity contribution in [3.05, 3.63) is 71.3 Å². The molecule has 12 heteroatoms. The van der Waals surface area contributed by atoms with Gasteiger partial charge in [-0.1, -0.05) is 35.5 Å². The molecule has 0 unspecified atom stereocenters. The van der Waals surface area contributed by atoms with Gasteiger partial charge in [-0.3, -0.25) is 4.79 Å². The third-order valence-corrected chi connectivity index (χ3v) is 9.52. The Hall–Kier alpha value is -4.42. The monoisotopic (exact) mass is 595 g/mol. The first-order valence-electron chi connectivity index (χ1n) is 15.3. The average molecular weight is 596 g/mol. The minimum Gasteiger partial charge on any atom is -0.394 e. The Labute approximate surface area is 255 Å². The van der Waals surface area contributed by atoms with Crippen LogP contribution in [0.15, 0.2) is 53.2 Å². The van der Waals surface area contributed by atoms with Crippen LogP contribution in [0.1, 0.15) is 73.5 Å². The van der Waals surface area contributed by atoms with Crippen LogP contribution in [0.25, 0.3) is 11.5 Å². The molecule has 0 spiro atoms. The first kappa shape index (κ1) is 28.4. The molecular weight excluding hydrogens is 558 g/mol. The van der Waals surface area contributed by atoms with Gasteiger partial charge in [-0.2, -0.15) is 9.97 Å². The number of aliphatic hydroxyl groups is 1. The maximum absolute atomic E-state index is 12.9. The van der Waals surface area contributed by atoms with Gasteiger partial charge in [-0.15, -0.1) is 0 Å². The number of nitrogens with zero attached hydrogens (tertiary/aromatic N) is 7. The molecule has 0 saturated carbocycles. The van der Waals surface area contributed by atoms with Crippen molar-refractivity contribution in [1.82, 2.24) is 34.9 Å². The maximum atomic E-state index is 12.9. The molecule has 1 amide bonds. The fourth-order valence-corrected chi connectivity index (χ4v) is 6.85. The number of nitrogens with one attached hydrogen (secondary N) is 2. The Morgan fingerprint density at radius 3 is 2.45 bits per heavy atom. The molecule has 7 heterocycles. The van der Waals surface area contributed by atoms with E-state index in [0.717, 1.165) is 50.3 Å². The number of benzene rings is 1. The SMILES string of the molecule is CCN1C(=O)c2ccc(Nc3ncc(-c4nc(C56CCN(CC5)CC6)no4)c(N[C@H](CO)c4ccccc4)n3)nc2C1(C)C. The standard InChI is InChI=1S/C32H37N9O3/c1-4-41-28(43)21-10-11-24(35-25(21)31(41,2)3)36-30-33-18-22(26(37-30)34-23(19-42)20-8-6-5-7-9-20)27-38-29(39-44-27)32-12-15-40(16-13-32)17-14-32/h5-11,18,23,42H,4,12-17,19H2,1-3H3,(H2,33,34,35,36,37)/t23-/m1/s1. The molecule has 0 radical (unpaired) electrons. The molecule has 1 atom stereocenters. The number of aromatic nitrogens is 5. The molecule has 8 rings (SSSR count). The van der Waals surface area contributed by atoms with E-state index >= 15 is 0 Å². The van der Waals surface area contributed by atoms with Gasteiger partial charge in [0.25, 0.3) is 11.8 Å². The number of aliphatic hydroxyl groups excluding tert-OH is 1. The van der Waals surface area contributed by atoms with Crippen LogP contribution in [0.3, 0.4) is 0 Å². The Balaban J connectivity index is 1.23. The van der Waals surface area contributed by atoms with E-state index in [2.05, 4.69) is 25.7 Å². The Bertz CT molecular complexity index is 1670. The van der Waals surface area contributed by atoms with Crippen molar-refractivity contribution >= 4 is 23.5 Å². The second kappa shape index (κ2) is 10.9. The molecular formula is C32H37N9O3. The summed E-state index contributed by atoms with van der Waals surface area (Å²) in [5.41, 5.74) is 2.16. The van der Waals surface area contributed by atoms with Gasteiger partial charge in [0, 0.05) is 18.2 Å². The molecule has 4 aromatic rings. The summed E-state index contributed by atoms with van der Waals surface area (Å²) in [6.07, 6.45) is 4.70. The summed E-state index contributed by atoms with van der Waals surface area (Å²) in [5, 5.41) is 21.4. The van der Waals surface area contributed by atoms with E-state index in [4.69, 9.17) is 19.5 Å². The predicted molar refractivity (Wildman–Crippen MR) is 164 cm³/mol. The van der Waals surface area contributed by atoms with E-state index in [-0.39, 0.29) is 17.9 Å². The highest BCUT2D eigenvalue weighted by atomic mass is 16.5. The number of pyridine rings is 1. The van der Waals surface area contributed by atoms with Crippen molar-refractivity contribution in [2.24, 2.45) is 0 Å². The molecule has 44 heavy (non-hydrogen) atoms. The predicted octanol–water partition coefficient (Wildman–Crippen LogP) is 4.26. The zero-order valence-electron chi connectivity index (χ0n) is 25.2. The zero-order chi connectivity index (χ0) is 30.5. The third kappa shape index (κ3) is 4.78. The van der Waals surface area contributed by atoms with Gasteiger partial charge in [0.05, 0.1) is 29.4 Å². The van der Waals surface area contributed by atoms with Gasteiger partial charge in [0.15, 0.2) is 5.82 Å². The molecule has 4 aliphatic rings. The lowest BCUT2D eigenvalue weighted by atomic mass is 9.71. The van der Waals surface area contributed by atoms with Crippen molar-refractivity contribution in [3.63, 3.8) is 0 Å². The fourth-order valence-electron chi connectivity index (χ4n) is 6.85. The van der Waals surface area contributed by atoms with Crippen molar-refractivity contribution in [2.75, 3.05) is 43.4 Å². The Morgan fingerprint density at radius 2 is 1.75 bits per heavy atom. The summed E-state index contributed by atoms with van der Waals surface area (Å²) in [6, 6.07) is 12.8. The van der Waals surface area contributed by atoms with Crippen molar-refractivity contribution in [1.29, 1.82) is 0 Å². The van der Waals surface area contributed by atoms with Crippen LogP contribution in [0.5, 0.6) is 0 Å². The summed E-state index contributed by atoms with van der Waals surface area (Å²) >= 11 is 0. The third-order valence-electron chi connectivity index (χ3n) is 9.52. The van der Waals surface area contributed by atoms with Crippen LogP contribution < -0.4 is 10.6 Å². The number of piperidine rings is 3. The number of carbonyl (C=O) groups is 1. The van der Waals surface area contributed by atoms with Crippen LogP contribution in [0.2, 0.25) is 0 Å². The molecule has 228 valence electrons. The molecule has 3 saturated heterocycles. The number of carbonyl (C=O) groups excluding carboxylic acids is 1. The number of fused-ring (bicyclic) bond motifs is 4. The van der Waals surface area contributed by atoms with Gasteiger partial charge in [0.2, 0.25) is 5.95 Å². The van der Waals surface area contributed by atoms with Gasteiger partial charge in [0.1, 0.15) is 17.2 Å². The van der Waals surface area contributed by atoms with Crippen molar-refractivity contribution in [3.8, 4) is 11.5 Å². The first-order chi connectivity index (χ1) is 21.3. The molecule has 3 aromatic heterocycles. The van der Waals surface area contributed by atoms with Crippen LogP contribution in [-0.2, 0) is 11.0 Å². The summed E-state index contributed by atoms with van der Waals surface area (Å²) in [5.74, 6) is 2.29. The fraction of sp³-hybridized carbons (Fsp3) is 0.438. The van der Waals surface area contributed by atoms with E-state index in [0.29, 0.717) is 46.8 Å². The lowest BCUT2D eigenvalue weighted by molar-refractivity contribution is 0.0631. The van der Waals surface area contributed by atoms with E-state index in [1.165, 1.54) is 0 Å². The number of amides is 1. The minimum absolute atomic E-state index is 0.0214. The second-order valence-electron chi connectivity index (χ2n) is 12.4. The maximum Gasteiger partial charge on any atom is 0.263 e. The minimum atomic E-state index is -0.537. The highest BCUT2D eigenvalue weighted by molar-refractivity contribution is 5.99. The summed E-state index contributed by atoms with van der Waals surface area (Å²) in [7, 11) is 0. The van der Waals surface area contributed by atoms with Crippen LogP contribution >= 0.6 is 0 Å². The lowest BCUT2D eigenvalue weighted by Crippen LogP contribution is -2.51. The molecule has 3 N–H and O–H groups in total. The van der Waals surface area contributed by atoms with Crippen molar-refractivity contribution in [2.45, 2.75) is 57.0 Å². The number of anilines is 3. The van der Waals surface area contributed by atoms with Crippen LogP contribution in [0.4, 0.5) is 17.6 Å². The highest BCUT2D eigenvalue weighted by Crippen LogP contribution is 2.42. The normalized spacial score (nSPS) is 22.6. The molecule has 4 aliphatic heterocycles. The quantitative estimate of drug-likeness (QED) is 0.255. The second-order valence-corrected chi connectivity index (χ2v) is 12.4. The smallest absolute Gasteiger partial charge is 0.263 e. The summed E-state index contributed by atoms with van der Waals surface area (Å²) < 4.78 is 5.85. The van der Waals surface area contributed by atoms with E-state index in [1.807, 2.05) is 56.0 Å². The van der Waals surface area contributed by atoms with Gasteiger partial charge in [-0.25, -0.2) is 9.97 Å². The molecule has 12 nitrogen and oxygen atoms in total. The van der Waals surface area contributed by atoms with E-state index in [9.17, 15) is 9.90 Å². The Morgan fingerprint density at radius 1 is 1.00 bits per heavy atom. The highest BCUT2D eigenvalue weighted by Gasteiger charge is 2.45. The largest absolute Gasteiger partial charge is 0.394 e. The zero-order valence-corrected chi connectivity index (χ0v) is 25.2. The summed E-state index contributed by atoms with van der Waals surface area (Å²) in [4.78, 5) is 36.3. The van der Waals surface area contributed by atoms with E-state index < -0.39 is 11.6 Å². The van der Waals surface area contributed by atoms with Gasteiger partial charge >= 0.3 is 0 Å². The molecule has 2 bridgehead atoms. The average Bonchev–Trinajstić information content (AvgIpc) is 3.63. The topological polar surface area (TPSA) is 145 Å². The number of hydrogen-bond acceptors (Lipinski definition) is 11. The molecule has 0 aliphatic carbocycles. The number of hydrogen-bond donors (Lipinski definition) is 3. The van der Waals surface area contributed by atoms with Gasteiger partial charge in [-0.05, 0) is 77.4 Å². The number of rotatable bonds is 9. The van der Waals surface area contributed by atoms with Crippen LogP contribution in [0, 0.1) is 0 Å². The summed E-state index contributed by atoms with van der Waals surface area (Å²) in [6.45, 7) is 9.54. The van der Waals surface area contributed by atoms with Crippen molar-refractivity contribution < 1.29 is 14.4 Å². The van der Waals surface area contributed by atoms with Gasteiger partial charge < -0.3 is 30.1 Å². The first-order valence-corrected chi connectivity index (χ1v) is 15.3. The van der Waals surface area contributed by atoms with Crippen LogP contribution in [-0.4, -0.2) is 78.7 Å². The van der Waals surface area contributed by atoms with E-state index in [1.54, 1.807) is 18.3 Å².